The fourth-order valence-corrected chi connectivity index (χ4v) is 4.84. The van der Waals surface area contributed by atoms with Crippen molar-refractivity contribution in [3.63, 3.8) is 0 Å². The number of unbranched alkanes of at least 4 members (excludes halogenated alkanes) is 3. The van der Waals surface area contributed by atoms with Crippen molar-refractivity contribution in [2.45, 2.75) is 117 Å². The maximum Gasteiger partial charge on any atom is 0.194 e. The summed E-state index contributed by atoms with van der Waals surface area (Å²) in [5.41, 5.74) is -0.264. The number of fused-ring (bicyclic) bond motifs is 2. The van der Waals surface area contributed by atoms with Crippen LogP contribution in [0.1, 0.15) is 92.4 Å². The molecule has 0 spiro atoms. The van der Waals surface area contributed by atoms with Crippen molar-refractivity contribution in [3.05, 3.63) is 17.1 Å². The van der Waals surface area contributed by atoms with Gasteiger partial charge >= 0.3 is 0 Å². The normalized spacial score (nSPS) is 27.4. The number of ether oxygens (including phenoxy) is 3. The number of rotatable bonds is 16. The minimum absolute atomic E-state index is 0.00565. The lowest BCUT2D eigenvalue weighted by molar-refractivity contribution is -0.0562. The summed E-state index contributed by atoms with van der Waals surface area (Å²) in [6, 6.07) is 0. The summed E-state index contributed by atoms with van der Waals surface area (Å²) in [7, 11) is 0. The average Bonchev–Trinajstić information content (AvgIpc) is 3.30. The Labute approximate surface area is 184 Å². The van der Waals surface area contributed by atoms with E-state index < -0.39 is 6.23 Å². The number of nitrogens with zero attached hydrogens (tertiary/aromatic N) is 1. The van der Waals surface area contributed by atoms with E-state index in [0.29, 0.717) is 24.0 Å². The molecular weight excluding hydrogens is 378 g/mol. The highest BCUT2D eigenvalue weighted by molar-refractivity contribution is 5.00. The van der Waals surface area contributed by atoms with E-state index in [9.17, 15) is 4.91 Å². The molecule has 0 aliphatic carbocycles. The van der Waals surface area contributed by atoms with Crippen LogP contribution in [0.2, 0.25) is 0 Å². The molecule has 1 unspecified atom stereocenters. The third kappa shape index (κ3) is 7.72. The van der Waals surface area contributed by atoms with Gasteiger partial charge in [-0.2, -0.15) is 0 Å². The molecule has 0 amide bonds. The monoisotopic (exact) mass is 423 g/mol. The van der Waals surface area contributed by atoms with Crippen molar-refractivity contribution < 1.29 is 14.2 Å². The molecule has 0 saturated carbocycles. The predicted molar refractivity (Wildman–Crippen MR) is 122 cm³/mol. The molecule has 2 aliphatic heterocycles. The Morgan fingerprint density at radius 1 is 1.10 bits per heavy atom. The molecule has 2 aliphatic rings. The van der Waals surface area contributed by atoms with Crippen LogP contribution < -0.4 is 0 Å². The third-order valence-electron chi connectivity index (χ3n) is 6.74. The van der Waals surface area contributed by atoms with Crippen LogP contribution >= 0.6 is 0 Å². The minimum atomic E-state index is -0.594. The van der Waals surface area contributed by atoms with Gasteiger partial charge in [0.05, 0.1) is 24.9 Å². The maximum absolute atomic E-state index is 11.2. The van der Waals surface area contributed by atoms with Crippen LogP contribution in [0, 0.1) is 22.2 Å². The molecular formula is C25H45NO4. The minimum Gasteiger partial charge on any atom is -0.381 e. The van der Waals surface area contributed by atoms with E-state index in [1.807, 2.05) is 13.8 Å². The second-order valence-corrected chi connectivity index (χ2v) is 10.1. The lowest BCUT2D eigenvalue weighted by Gasteiger charge is -2.30. The second kappa shape index (κ2) is 12.9. The summed E-state index contributed by atoms with van der Waals surface area (Å²) in [5.74, 6) is 1.12. The zero-order valence-corrected chi connectivity index (χ0v) is 20.0. The van der Waals surface area contributed by atoms with Gasteiger partial charge in [0.25, 0.3) is 0 Å². The van der Waals surface area contributed by atoms with Gasteiger partial charge in [-0.1, -0.05) is 52.2 Å². The molecule has 0 aromatic rings. The van der Waals surface area contributed by atoms with Gasteiger partial charge in [0, 0.05) is 17.9 Å². The molecule has 2 fully saturated rings. The van der Waals surface area contributed by atoms with Crippen molar-refractivity contribution in [2.24, 2.45) is 22.4 Å². The van der Waals surface area contributed by atoms with E-state index in [0.717, 1.165) is 32.5 Å². The Bertz CT molecular complexity index is 519. The summed E-state index contributed by atoms with van der Waals surface area (Å²) in [6.45, 7) is 12.0. The van der Waals surface area contributed by atoms with Gasteiger partial charge in [0.2, 0.25) is 0 Å². The molecule has 2 rings (SSSR count). The molecule has 5 nitrogen and oxygen atoms in total. The lowest BCUT2D eigenvalue weighted by Crippen LogP contribution is -2.32. The van der Waals surface area contributed by atoms with Gasteiger partial charge in [-0.15, -0.1) is 4.91 Å². The molecule has 174 valence electrons. The number of hydrogen-bond donors (Lipinski definition) is 0. The summed E-state index contributed by atoms with van der Waals surface area (Å²) >= 11 is 0. The lowest BCUT2D eigenvalue weighted by atomic mass is 9.78. The smallest absolute Gasteiger partial charge is 0.194 e. The van der Waals surface area contributed by atoms with Gasteiger partial charge in [-0.05, 0) is 63.5 Å². The number of hydrogen-bond acceptors (Lipinski definition) is 5. The summed E-state index contributed by atoms with van der Waals surface area (Å²) in [4.78, 5) is 11.2. The van der Waals surface area contributed by atoms with Gasteiger partial charge in [0.15, 0.2) is 6.23 Å². The topological polar surface area (TPSA) is 57.1 Å². The Balaban J connectivity index is 1.73. The van der Waals surface area contributed by atoms with Crippen LogP contribution in [0.4, 0.5) is 0 Å². The van der Waals surface area contributed by atoms with Crippen LogP contribution in [0.3, 0.4) is 0 Å². The number of allylic oxidation sites excluding steroid dienone is 2. The van der Waals surface area contributed by atoms with E-state index in [4.69, 9.17) is 14.2 Å². The van der Waals surface area contributed by atoms with Crippen LogP contribution in [-0.2, 0) is 14.2 Å². The third-order valence-corrected chi connectivity index (χ3v) is 6.74. The first-order chi connectivity index (χ1) is 14.4. The first kappa shape index (κ1) is 25.5. The van der Waals surface area contributed by atoms with Crippen molar-refractivity contribution in [1.29, 1.82) is 0 Å². The predicted octanol–water partition coefficient (Wildman–Crippen LogP) is 6.65. The maximum atomic E-state index is 11.2. The molecule has 30 heavy (non-hydrogen) atoms. The van der Waals surface area contributed by atoms with Crippen LogP contribution in [0.25, 0.3) is 0 Å². The fraction of sp³-hybridized carbons (Fsp3) is 0.920. The molecule has 0 aromatic carbocycles. The largest absolute Gasteiger partial charge is 0.381 e. The van der Waals surface area contributed by atoms with Crippen LogP contribution in [0.5, 0.6) is 0 Å². The molecule has 0 aromatic heterocycles. The van der Waals surface area contributed by atoms with E-state index in [1.165, 1.54) is 38.5 Å². The Morgan fingerprint density at radius 2 is 1.83 bits per heavy atom. The van der Waals surface area contributed by atoms with Crippen molar-refractivity contribution in [1.82, 2.24) is 0 Å². The van der Waals surface area contributed by atoms with Gasteiger partial charge in [0.1, 0.15) is 0 Å². The average molecular weight is 424 g/mol. The zero-order valence-electron chi connectivity index (χ0n) is 20.0. The summed E-state index contributed by atoms with van der Waals surface area (Å²) in [5, 5.41) is 3.22. The molecule has 2 bridgehead atoms. The zero-order chi connectivity index (χ0) is 22.0. The van der Waals surface area contributed by atoms with Crippen molar-refractivity contribution >= 4 is 0 Å². The highest BCUT2D eigenvalue weighted by Crippen LogP contribution is 2.45. The van der Waals surface area contributed by atoms with Gasteiger partial charge in [-0.3, -0.25) is 0 Å². The highest BCUT2D eigenvalue weighted by atomic mass is 16.5. The number of nitroso groups, excluding NO2 is 1. The van der Waals surface area contributed by atoms with Gasteiger partial charge in [-0.25, -0.2) is 0 Å². The summed E-state index contributed by atoms with van der Waals surface area (Å²) in [6.07, 6.45) is 15.1. The molecule has 5 atom stereocenters. The van der Waals surface area contributed by atoms with E-state index in [2.05, 4.69) is 38.1 Å². The standard InChI is InChI=1S/C25H45NO4/c1-6-7-8-12-17-28-18-21-20(22-14-15-23(21)30-22)13-10-9-11-16-25(4,5)24(26-27)29-19(2)3/h9-10,19-24H,6-8,11-18H2,1-5H3/t20-,21+,22-,23+,24?/m0/s1. The Kier molecular flexibility index (Phi) is 11.0. The SMILES string of the molecule is CCCCCCOC[C@@H]1[C@H](CC=CCCC(C)(C)C(N=O)OC(C)C)[C@@H]2CC[C@H]1O2. The van der Waals surface area contributed by atoms with Crippen LogP contribution in [-0.4, -0.2) is 37.8 Å². The van der Waals surface area contributed by atoms with E-state index in [1.54, 1.807) is 0 Å². The van der Waals surface area contributed by atoms with Gasteiger partial charge < -0.3 is 14.2 Å². The molecule has 0 radical (unpaired) electrons. The molecule has 5 heteroatoms. The highest BCUT2D eigenvalue weighted by Gasteiger charge is 2.48. The molecule has 2 saturated heterocycles. The second-order valence-electron chi connectivity index (χ2n) is 10.1. The Morgan fingerprint density at radius 3 is 2.50 bits per heavy atom. The fourth-order valence-electron chi connectivity index (χ4n) is 4.84. The van der Waals surface area contributed by atoms with E-state index >= 15 is 0 Å². The van der Waals surface area contributed by atoms with Crippen molar-refractivity contribution in [2.75, 3.05) is 13.2 Å². The first-order valence-electron chi connectivity index (χ1n) is 12.2. The molecule has 0 N–H and O–H groups in total. The first-order valence-corrected chi connectivity index (χ1v) is 12.2. The van der Waals surface area contributed by atoms with Crippen molar-refractivity contribution in [3.8, 4) is 0 Å². The van der Waals surface area contributed by atoms with E-state index in [-0.39, 0.29) is 11.5 Å². The Hall–Kier alpha value is -0.780. The van der Waals surface area contributed by atoms with Crippen LogP contribution in [0.15, 0.2) is 17.3 Å². The quantitative estimate of drug-likeness (QED) is 0.158. The summed E-state index contributed by atoms with van der Waals surface area (Å²) < 4.78 is 17.9. The molecule has 2 heterocycles.